The van der Waals surface area contributed by atoms with Gasteiger partial charge in [-0.2, -0.15) is 0 Å². The molecule has 1 aromatic carbocycles. The number of likely N-dealkylation sites (N-methyl/N-ethyl adjacent to an activating group) is 1. The van der Waals surface area contributed by atoms with E-state index in [1.165, 1.54) is 17.2 Å². The van der Waals surface area contributed by atoms with E-state index in [0.717, 1.165) is 16.0 Å². The highest BCUT2D eigenvalue weighted by atomic mass is 19.1. The Bertz CT molecular complexity index is 1340. The molecule has 4 rings (SSSR count). The van der Waals surface area contributed by atoms with E-state index < -0.39 is 41.7 Å². The fourth-order valence-electron chi connectivity index (χ4n) is 4.64. The number of nitrogens with zero attached hydrogens (tertiary/aromatic N) is 5. The smallest absolute Gasteiger partial charge is 0.325 e. The first kappa shape index (κ1) is 25.8. The Labute approximate surface area is 214 Å². The lowest BCUT2D eigenvalue weighted by Crippen LogP contribution is -2.70. The Morgan fingerprint density at radius 2 is 1.97 bits per heavy atom. The number of amides is 4. The zero-order valence-electron chi connectivity index (χ0n) is 21.2. The Hall–Kier alpha value is -4.28. The number of nitrogen functional groups attached to an aromatic ring is 1. The molecule has 194 valence electrons. The van der Waals surface area contributed by atoms with Crippen LogP contribution in [0, 0.1) is 18.7 Å². The molecule has 10 nitrogen and oxygen atoms in total. The summed E-state index contributed by atoms with van der Waals surface area (Å²) in [6, 6.07) is 5.60. The Balaban J connectivity index is 1.61. The number of hydrogen-bond acceptors (Lipinski definition) is 6. The van der Waals surface area contributed by atoms with Gasteiger partial charge in [0.25, 0.3) is 5.91 Å². The van der Waals surface area contributed by atoms with Crippen LogP contribution in [-0.2, 0) is 23.1 Å². The number of hydrogen-bond donors (Lipinski definition) is 2. The van der Waals surface area contributed by atoms with Crippen LogP contribution in [0.15, 0.2) is 48.9 Å². The summed E-state index contributed by atoms with van der Waals surface area (Å²) in [6.07, 6.45) is 5.35. The second-order valence-corrected chi connectivity index (χ2v) is 9.22. The van der Waals surface area contributed by atoms with Crippen molar-refractivity contribution in [1.29, 1.82) is 0 Å². The highest BCUT2D eigenvalue weighted by Gasteiger charge is 2.55. The Morgan fingerprint density at radius 1 is 1.22 bits per heavy atom. The van der Waals surface area contributed by atoms with Crippen molar-refractivity contribution in [2.75, 3.05) is 17.7 Å². The number of likely N-dealkylation sites (tertiary alicyclic amines) is 1. The molecule has 0 radical (unpaired) electrons. The summed E-state index contributed by atoms with van der Waals surface area (Å²) in [7, 11) is 3.28. The van der Waals surface area contributed by atoms with Crippen LogP contribution in [0.5, 0.6) is 0 Å². The van der Waals surface area contributed by atoms with E-state index in [4.69, 9.17) is 5.73 Å². The number of carbonyl (C=O) groups excluding carboxylic acids is 3. The van der Waals surface area contributed by atoms with Crippen LogP contribution in [0.3, 0.4) is 0 Å². The molecular formula is C26H30FN7O3. The largest absolute Gasteiger partial charge is 0.384 e. The maximum absolute atomic E-state index is 14.6. The number of benzene rings is 1. The maximum Gasteiger partial charge on any atom is 0.325 e. The third kappa shape index (κ3) is 5.02. The van der Waals surface area contributed by atoms with Crippen LogP contribution in [0.4, 0.5) is 21.0 Å². The number of pyridine rings is 1. The van der Waals surface area contributed by atoms with Gasteiger partial charge in [-0.25, -0.2) is 19.2 Å². The number of imidazole rings is 1. The molecule has 1 fully saturated rings. The maximum atomic E-state index is 14.6. The number of anilines is 2. The molecule has 1 unspecified atom stereocenters. The SMILES string of the molecule is CCC(NC(=O)N1C(=O)[C@H](Cc2ccnc(N)c2)[C@H]1C(=O)N(C)c1nccn1C)c1ccc(C)cc1F. The highest BCUT2D eigenvalue weighted by Crippen LogP contribution is 2.33. The molecule has 0 aliphatic carbocycles. The molecule has 2 aromatic heterocycles. The molecule has 1 aliphatic heterocycles. The second kappa shape index (κ2) is 10.4. The molecule has 0 bridgehead atoms. The van der Waals surface area contributed by atoms with Gasteiger partial charge in [0.2, 0.25) is 11.9 Å². The van der Waals surface area contributed by atoms with Gasteiger partial charge in [-0.15, -0.1) is 0 Å². The number of nitrogens with two attached hydrogens (primary N) is 1. The number of nitrogens with one attached hydrogen (secondary N) is 1. The molecule has 1 saturated heterocycles. The predicted molar refractivity (Wildman–Crippen MR) is 136 cm³/mol. The minimum atomic E-state index is -1.08. The van der Waals surface area contributed by atoms with Gasteiger partial charge in [0.15, 0.2) is 0 Å². The Kier molecular flexibility index (Phi) is 7.23. The van der Waals surface area contributed by atoms with Crippen LogP contribution in [-0.4, -0.2) is 50.4 Å². The minimum absolute atomic E-state index is 0.198. The number of aryl methyl sites for hydroxylation is 2. The van der Waals surface area contributed by atoms with E-state index in [1.54, 1.807) is 69.2 Å². The number of imide groups is 1. The summed E-state index contributed by atoms with van der Waals surface area (Å²) in [5, 5.41) is 2.74. The summed E-state index contributed by atoms with van der Waals surface area (Å²) < 4.78 is 16.3. The lowest BCUT2D eigenvalue weighted by Gasteiger charge is -2.45. The molecule has 3 N–H and O–H groups in total. The van der Waals surface area contributed by atoms with E-state index in [0.29, 0.717) is 17.9 Å². The van der Waals surface area contributed by atoms with E-state index in [-0.39, 0.29) is 12.2 Å². The monoisotopic (exact) mass is 507 g/mol. The zero-order chi connectivity index (χ0) is 26.9. The lowest BCUT2D eigenvalue weighted by molar-refractivity contribution is -0.156. The van der Waals surface area contributed by atoms with Gasteiger partial charge in [-0.3, -0.25) is 19.4 Å². The topological polar surface area (TPSA) is 126 Å². The quantitative estimate of drug-likeness (QED) is 0.474. The molecule has 4 amide bonds. The predicted octanol–water partition coefficient (Wildman–Crippen LogP) is 2.74. The Morgan fingerprint density at radius 3 is 2.59 bits per heavy atom. The first-order chi connectivity index (χ1) is 17.6. The van der Waals surface area contributed by atoms with Gasteiger partial charge in [0.05, 0.1) is 12.0 Å². The molecule has 11 heteroatoms. The van der Waals surface area contributed by atoms with Crippen LogP contribution in [0.1, 0.15) is 36.1 Å². The fourth-order valence-corrected chi connectivity index (χ4v) is 4.64. The van der Waals surface area contributed by atoms with Crippen molar-refractivity contribution in [1.82, 2.24) is 24.8 Å². The number of β-lactam (4-membered cyclic amide) rings is 1. The average Bonchev–Trinajstić information content (AvgIpc) is 3.29. The van der Waals surface area contributed by atoms with Crippen molar-refractivity contribution >= 4 is 29.6 Å². The molecule has 3 atom stereocenters. The molecule has 37 heavy (non-hydrogen) atoms. The van der Waals surface area contributed by atoms with Crippen LogP contribution in [0.25, 0.3) is 0 Å². The van der Waals surface area contributed by atoms with E-state index >= 15 is 0 Å². The van der Waals surface area contributed by atoms with Crippen LogP contribution in [0.2, 0.25) is 0 Å². The van der Waals surface area contributed by atoms with E-state index in [9.17, 15) is 18.8 Å². The molecule has 0 saturated carbocycles. The van der Waals surface area contributed by atoms with E-state index in [2.05, 4.69) is 15.3 Å². The van der Waals surface area contributed by atoms with Gasteiger partial charge in [0.1, 0.15) is 17.7 Å². The zero-order valence-corrected chi connectivity index (χ0v) is 21.2. The van der Waals surface area contributed by atoms with Crippen molar-refractivity contribution in [3.8, 4) is 0 Å². The first-order valence-corrected chi connectivity index (χ1v) is 12.0. The van der Waals surface area contributed by atoms with Gasteiger partial charge >= 0.3 is 6.03 Å². The van der Waals surface area contributed by atoms with Crippen molar-refractivity contribution in [2.24, 2.45) is 13.0 Å². The minimum Gasteiger partial charge on any atom is -0.384 e. The molecular weight excluding hydrogens is 477 g/mol. The van der Waals surface area contributed by atoms with Gasteiger partial charge in [-0.05, 0) is 49.1 Å². The third-order valence-corrected chi connectivity index (χ3v) is 6.65. The first-order valence-electron chi connectivity index (χ1n) is 12.0. The molecule has 0 spiro atoms. The number of rotatable bonds is 7. The number of urea groups is 1. The lowest BCUT2D eigenvalue weighted by atomic mass is 9.81. The van der Waals surface area contributed by atoms with Crippen LogP contribution < -0.4 is 16.0 Å². The van der Waals surface area contributed by atoms with Gasteiger partial charge in [0, 0.05) is 38.2 Å². The van der Waals surface area contributed by atoms with Crippen molar-refractivity contribution in [3.63, 3.8) is 0 Å². The summed E-state index contributed by atoms with van der Waals surface area (Å²) >= 11 is 0. The van der Waals surface area contributed by atoms with Crippen molar-refractivity contribution in [3.05, 3.63) is 71.4 Å². The normalized spacial score (nSPS) is 17.8. The van der Waals surface area contributed by atoms with Gasteiger partial charge < -0.3 is 15.6 Å². The molecule has 1 aliphatic rings. The van der Waals surface area contributed by atoms with Gasteiger partial charge in [-0.1, -0.05) is 19.1 Å². The van der Waals surface area contributed by atoms with Crippen LogP contribution >= 0.6 is 0 Å². The summed E-state index contributed by atoms with van der Waals surface area (Å²) in [5.41, 5.74) is 7.57. The van der Waals surface area contributed by atoms with Crippen molar-refractivity contribution in [2.45, 2.75) is 38.8 Å². The van der Waals surface area contributed by atoms with Crippen molar-refractivity contribution < 1.29 is 18.8 Å². The molecule has 3 heterocycles. The number of aromatic nitrogens is 3. The summed E-state index contributed by atoms with van der Waals surface area (Å²) in [6.45, 7) is 3.58. The number of carbonyl (C=O) groups is 3. The van der Waals surface area contributed by atoms with E-state index in [1.807, 2.05) is 0 Å². The molecule has 3 aromatic rings. The second-order valence-electron chi connectivity index (χ2n) is 9.22. The summed E-state index contributed by atoms with van der Waals surface area (Å²) in [5.74, 6) is -1.55. The third-order valence-electron chi connectivity index (χ3n) is 6.65. The fraction of sp³-hybridized carbons (Fsp3) is 0.346. The average molecular weight is 508 g/mol. The summed E-state index contributed by atoms with van der Waals surface area (Å²) in [4.78, 5) is 50.6. The number of halogens is 1. The highest BCUT2D eigenvalue weighted by molar-refractivity contribution is 6.12. The standard InChI is InChI=1S/C26H30FN7O3/c1-5-20(17-7-6-15(2)12-19(17)27)31-26(37)34-22(24(36)33(4)25-30-10-11-32(25)3)18(23(34)35)13-16-8-9-29-21(28)14-16/h6-12,14,18,20,22H,5,13H2,1-4H3,(H2,28,29)(H,31,37)/t18-,20?,22+/m1/s1.